The van der Waals surface area contributed by atoms with Crippen LogP contribution in [0.4, 0.5) is 5.69 Å². The topological polar surface area (TPSA) is 35.6 Å². The lowest BCUT2D eigenvalue weighted by molar-refractivity contribution is 0.0529. The first kappa shape index (κ1) is 14.9. The first-order chi connectivity index (χ1) is 9.67. The highest BCUT2D eigenvalue weighted by atomic mass is 16.2. The first-order valence-corrected chi connectivity index (χ1v) is 7.53. The van der Waals surface area contributed by atoms with Crippen molar-refractivity contribution in [2.75, 3.05) is 38.0 Å². The molecule has 0 spiro atoms. The second kappa shape index (κ2) is 6.75. The molecule has 0 aliphatic carbocycles. The van der Waals surface area contributed by atoms with E-state index in [4.69, 9.17) is 0 Å². The minimum Gasteiger partial charge on any atom is -0.385 e. The number of anilines is 1. The molecule has 110 valence electrons. The van der Waals surface area contributed by atoms with E-state index in [1.165, 1.54) is 0 Å². The van der Waals surface area contributed by atoms with Crippen molar-refractivity contribution in [3.63, 3.8) is 0 Å². The molecule has 1 heterocycles. The Hall–Kier alpha value is -1.55. The van der Waals surface area contributed by atoms with Gasteiger partial charge in [-0.15, -0.1) is 0 Å². The van der Waals surface area contributed by atoms with Crippen LogP contribution in [-0.2, 0) is 0 Å². The Labute approximate surface area is 121 Å². The van der Waals surface area contributed by atoms with Crippen LogP contribution in [0.2, 0.25) is 0 Å². The fourth-order valence-electron chi connectivity index (χ4n) is 2.83. The maximum atomic E-state index is 12.7. The van der Waals surface area contributed by atoms with E-state index in [2.05, 4.69) is 24.1 Å². The molecule has 1 fully saturated rings. The Morgan fingerprint density at radius 2 is 2.05 bits per heavy atom. The van der Waals surface area contributed by atoms with Gasteiger partial charge in [0.1, 0.15) is 0 Å². The van der Waals surface area contributed by atoms with Crippen molar-refractivity contribution in [3.8, 4) is 0 Å². The summed E-state index contributed by atoms with van der Waals surface area (Å²) in [5.74, 6) is 0.143. The van der Waals surface area contributed by atoms with Gasteiger partial charge in [0, 0.05) is 37.9 Å². The van der Waals surface area contributed by atoms with Crippen molar-refractivity contribution in [2.24, 2.45) is 0 Å². The second-order valence-electron chi connectivity index (χ2n) is 5.30. The lowest BCUT2D eigenvalue weighted by atomic mass is 10.1. The molecular weight excluding hydrogens is 250 g/mol. The third-order valence-electron chi connectivity index (χ3n) is 3.98. The highest BCUT2D eigenvalue weighted by Gasteiger charge is 2.27. The molecule has 4 heteroatoms. The van der Waals surface area contributed by atoms with Crippen LogP contribution in [0.5, 0.6) is 0 Å². The van der Waals surface area contributed by atoms with Gasteiger partial charge in [-0.1, -0.05) is 19.1 Å². The molecule has 0 radical (unpaired) electrons. The molecule has 2 rings (SSSR count). The summed E-state index contributed by atoms with van der Waals surface area (Å²) < 4.78 is 0. The van der Waals surface area contributed by atoms with Gasteiger partial charge in [-0.05, 0) is 32.5 Å². The number of carbonyl (C=O) groups excluding carboxylic acids is 1. The Bertz CT molecular complexity index is 461. The Balaban J connectivity index is 2.12. The molecule has 1 aromatic carbocycles. The normalized spacial score (nSPS) is 19.9. The van der Waals surface area contributed by atoms with E-state index in [0.29, 0.717) is 6.04 Å². The lowest BCUT2D eigenvalue weighted by Crippen LogP contribution is -2.53. The molecule has 1 amide bonds. The van der Waals surface area contributed by atoms with Crippen LogP contribution in [0, 0.1) is 0 Å². The zero-order chi connectivity index (χ0) is 14.5. The van der Waals surface area contributed by atoms with Gasteiger partial charge >= 0.3 is 0 Å². The van der Waals surface area contributed by atoms with Crippen molar-refractivity contribution < 1.29 is 4.79 Å². The van der Waals surface area contributed by atoms with E-state index < -0.39 is 0 Å². The maximum Gasteiger partial charge on any atom is 0.256 e. The quantitative estimate of drug-likeness (QED) is 0.915. The fraction of sp³-hybridized carbons (Fsp3) is 0.562. The van der Waals surface area contributed by atoms with Crippen molar-refractivity contribution >= 4 is 11.6 Å². The van der Waals surface area contributed by atoms with Gasteiger partial charge < -0.3 is 10.2 Å². The van der Waals surface area contributed by atoms with Crippen LogP contribution < -0.4 is 5.32 Å². The van der Waals surface area contributed by atoms with Crippen LogP contribution >= 0.6 is 0 Å². The molecule has 20 heavy (non-hydrogen) atoms. The molecule has 0 bridgehead atoms. The maximum absolute atomic E-state index is 12.7. The number of piperazine rings is 1. The highest BCUT2D eigenvalue weighted by Crippen LogP contribution is 2.19. The van der Waals surface area contributed by atoms with E-state index >= 15 is 0 Å². The van der Waals surface area contributed by atoms with Crippen molar-refractivity contribution in [3.05, 3.63) is 29.8 Å². The minimum absolute atomic E-state index is 0.143. The summed E-state index contributed by atoms with van der Waals surface area (Å²) >= 11 is 0. The first-order valence-electron chi connectivity index (χ1n) is 7.53. The summed E-state index contributed by atoms with van der Waals surface area (Å²) in [7, 11) is 0. The monoisotopic (exact) mass is 275 g/mol. The number of carbonyl (C=O) groups is 1. The molecule has 4 nitrogen and oxygen atoms in total. The number of rotatable bonds is 4. The summed E-state index contributed by atoms with van der Waals surface area (Å²) in [6, 6.07) is 8.22. The molecule has 1 aliphatic heterocycles. The van der Waals surface area contributed by atoms with Gasteiger partial charge in [0.15, 0.2) is 0 Å². The Morgan fingerprint density at radius 1 is 1.30 bits per heavy atom. The number of hydrogen-bond acceptors (Lipinski definition) is 3. The van der Waals surface area contributed by atoms with Crippen LogP contribution in [0.15, 0.2) is 24.3 Å². The van der Waals surface area contributed by atoms with Crippen LogP contribution in [0.3, 0.4) is 0 Å². The zero-order valence-electron chi connectivity index (χ0n) is 12.7. The fourth-order valence-corrected chi connectivity index (χ4v) is 2.83. The second-order valence-corrected chi connectivity index (χ2v) is 5.30. The van der Waals surface area contributed by atoms with E-state index in [1.54, 1.807) is 0 Å². The molecule has 1 saturated heterocycles. The minimum atomic E-state index is 0.143. The van der Waals surface area contributed by atoms with Crippen LogP contribution in [0.25, 0.3) is 0 Å². The number of nitrogens with zero attached hydrogens (tertiary/aromatic N) is 2. The molecular formula is C16H25N3O. The molecule has 1 unspecified atom stereocenters. The van der Waals surface area contributed by atoms with Gasteiger partial charge in [-0.25, -0.2) is 0 Å². The van der Waals surface area contributed by atoms with Gasteiger partial charge in [0.25, 0.3) is 5.91 Å². The van der Waals surface area contributed by atoms with E-state index in [0.717, 1.165) is 44.0 Å². The summed E-state index contributed by atoms with van der Waals surface area (Å²) in [5, 5.41) is 3.27. The summed E-state index contributed by atoms with van der Waals surface area (Å²) in [6.45, 7) is 10.9. The molecule has 0 aromatic heterocycles. The zero-order valence-corrected chi connectivity index (χ0v) is 12.7. The number of benzene rings is 1. The van der Waals surface area contributed by atoms with E-state index in [9.17, 15) is 4.79 Å². The van der Waals surface area contributed by atoms with Crippen LogP contribution in [0.1, 0.15) is 31.1 Å². The average Bonchev–Trinajstić information content (AvgIpc) is 2.47. The molecule has 1 aliphatic rings. The van der Waals surface area contributed by atoms with Crippen molar-refractivity contribution in [1.29, 1.82) is 0 Å². The number of para-hydroxylation sites is 1. The highest BCUT2D eigenvalue weighted by molar-refractivity contribution is 5.99. The third kappa shape index (κ3) is 3.12. The number of likely N-dealkylation sites (N-methyl/N-ethyl adjacent to an activating group) is 1. The van der Waals surface area contributed by atoms with Gasteiger partial charge in [0.05, 0.1) is 5.56 Å². The smallest absolute Gasteiger partial charge is 0.256 e. The predicted molar refractivity (Wildman–Crippen MR) is 83.2 cm³/mol. The summed E-state index contributed by atoms with van der Waals surface area (Å²) in [6.07, 6.45) is 0. The number of nitrogens with one attached hydrogen (secondary N) is 1. The molecule has 1 atom stereocenters. The number of amides is 1. The number of hydrogen-bond donors (Lipinski definition) is 1. The third-order valence-corrected chi connectivity index (χ3v) is 3.98. The van der Waals surface area contributed by atoms with Gasteiger partial charge in [0.2, 0.25) is 0 Å². The standard InChI is InChI=1S/C16H25N3O/c1-4-17-15-9-7-6-8-14(15)16(20)19-11-10-18(5-2)13(3)12-19/h6-9,13,17H,4-5,10-12H2,1-3H3. The van der Waals surface area contributed by atoms with E-state index in [1.807, 2.05) is 36.1 Å². The molecule has 1 aromatic rings. The predicted octanol–water partition coefficient (Wildman–Crippen LogP) is 2.28. The van der Waals surface area contributed by atoms with Gasteiger partial charge in [-0.2, -0.15) is 0 Å². The largest absolute Gasteiger partial charge is 0.385 e. The lowest BCUT2D eigenvalue weighted by Gasteiger charge is -2.39. The van der Waals surface area contributed by atoms with Crippen molar-refractivity contribution in [1.82, 2.24) is 9.80 Å². The Morgan fingerprint density at radius 3 is 2.70 bits per heavy atom. The van der Waals surface area contributed by atoms with Crippen molar-refractivity contribution in [2.45, 2.75) is 26.8 Å². The van der Waals surface area contributed by atoms with Gasteiger partial charge in [-0.3, -0.25) is 9.69 Å². The SMILES string of the molecule is CCNc1ccccc1C(=O)N1CCN(CC)C(C)C1. The average molecular weight is 275 g/mol. The van der Waals surface area contributed by atoms with Crippen LogP contribution in [-0.4, -0.2) is 54.5 Å². The Kier molecular flexibility index (Phi) is 5.01. The summed E-state index contributed by atoms with van der Waals surface area (Å²) in [4.78, 5) is 17.1. The molecule has 1 N–H and O–H groups in total. The summed E-state index contributed by atoms with van der Waals surface area (Å²) in [5.41, 5.74) is 1.72. The molecule has 0 saturated carbocycles. The van der Waals surface area contributed by atoms with E-state index in [-0.39, 0.29) is 5.91 Å².